The molecule has 6 heteroatoms. The normalized spacial score (nSPS) is 11.8. The molecule has 0 saturated heterocycles. The quantitative estimate of drug-likeness (QED) is 0.285. The maximum absolute atomic E-state index is 13.6. The van der Waals surface area contributed by atoms with Crippen LogP contribution >= 0.6 is 27.7 Å². The van der Waals surface area contributed by atoms with E-state index in [1.807, 2.05) is 85.8 Å². The van der Waals surface area contributed by atoms with E-state index < -0.39 is 6.04 Å². The number of halogens is 1. The third-order valence-corrected chi connectivity index (χ3v) is 7.13. The molecule has 0 aliphatic heterocycles. The Kier molecular flexibility index (Phi) is 10.4. The fourth-order valence-electron chi connectivity index (χ4n) is 3.63. The van der Waals surface area contributed by atoms with Gasteiger partial charge in [0.1, 0.15) is 6.04 Å². The number of carbonyl (C=O) groups is 2. The number of carbonyl (C=O) groups excluding carboxylic acids is 2. The first-order valence-corrected chi connectivity index (χ1v) is 13.6. The molecule has 0 bridgehead atoms. The first-order chi connectivity index (χ1) is 16.8. The highest BCUT2D eigenvalue weighted by Crippen LogP contribution is 2.22. The lowest BCUT2D eigenvalue weighted by atomic mass is 10.0. The topological polar surface area (TPSA) is 49.4 Å². The summed E-state index contributed by atoms with van der Waals surface area (Å²) in [6.45, 7) is 7.12. The summed E-state index contributed by atoms with van der Waals surface area (Å²) in [5.41, 5.74) is 3.19. The summed E-state index contributed by atoms with van der Waals surface area (Å²) in [6, 6.07) is 25.4. The van der Waals surface area contributed by atoms with Crippen LogP contribution in [0.15, 0.2) is 88.2 Å². The lowest BCUT2D eigenvalue weighted by Crippen LogP contribution is -2.51. The van der Waals surface area contributed by atoms with Crippen LogP contribution < -0.4 is 5.32 Å². The first kappa shape index (κ1) is 27.0. The van der Waals surface area contributed by atoms with Crippen LogP contribution in [0, 0.1) is 12.8 Å². The molecule has 0 aliphatic carbocycles. The lowest BCUT2D eigenvalue weighted by Gasteiger charge is -2.32. The summed E-state index contributed by atoms with van der Waals surface area (Å²) < 4.78 is 0.976. The third-order valence-electron chi connectivity index (χ3n) is 5.61. The Balaban J connectivity index is 1.88. The molecule has 3 rings (SSSR count). The fraction of sp³-hybridized carbons (Fsp3) is 0.310. The van der Waals surface area contributed by atoms with E-state index in [4.69, 9.17) is 0 Å². The van der Waals surface area contributed by atoms with E-state index in [2.05, 4.69) is 35.1 Å². The molecule has 0 fully saturated rings. The second-order valence-corrected chi connectivity index (χ2v) is 11.1. The zero-order valence-corrected chi connectivity index (χ0v) is 22.9. The van der Waals surface area contributed by atoms with Crippen LogP contribution in [-0.4, -0.2) is 35.1 Å². The van der Waals surface area contributed by atoms with Gasteiger partial charge in [-0.05, 0) is 48.2 Å². The molecule has 0 radical (unpaired) electrons. The van der Waals surface area contributed by atoms with Crippen LogP contribution in [0.2, 0.25) is 0 Å². The van der Waals surface area contributed by atoms with Crippen molar-refractivity contribution in [2.75, 3.05) is 12.3 Å². The molecule has 1 N–H and O–H groups in total. The number of rotatable bonds is 11. The monoisotopic (exact) mass is 552 g/mol. The van der Waals surface area contributed by atoms with Gasteiger partial charge in [-0.3, -0.25) is 9.59 Å². The SMILES string of the molecule is Cc1ccc(SCC(=O)N(Cc2ccc(Br)cc2)C(Cc2ccccc2)C(=O)NCC(C)C)cc1. The van der Waals surface area contributed by atoms with E-state index in [1.54, 1.807) is 4.90 Å². The average molecular weight is 554 g/mol. The van der Waals surface area contributed by atoms with Gasteiger partial charge in [-0.1, -0.05) is 89.9 Å². The molecule has 0 saturated carbocycles. The summed E-state index contributed by atoms with van der Waals surface area (Å²) in [4.78, 5) is 29.9. The summed E-state index contributed by atoms with van der Waals surface area (Å²) in [5.74, 6) is 0.416. The molecule has 2 amide bonds. The number of nitrogens with zero attached hydrogens (tertiary/aromatic N) is 1. The van der Waals surface area contributed by atoms with Gasteiger partial charge in [-0.15, -0.1) is 11.8 Å². The molecule has 184 valence electrons. The Morgan fingerprint density at radius 1 is 0.914 bits per heavy atom. The Hall–Kier alpha value is -2.57. The first-order valence-electron chi connectivity index (χ1n) is 11.9. The molecule has 0 aliphatic rings. The largest absolute Gasteiger partial charge is 0.354 e. The zero-order chi connectivity index (χ0) is 25.2. The van der Waals surface area contributed by atoms with Crippen LogP contribution in [0.5, 0.6) is 0 Å². The highest BCUT2D eigenvalue weighted by atomic mass is 79.9. The van der Waals surface area contributed by atoms with Crippen molar-refractivity contribution >= 4 is 39.5 Å². The zero-order valence-electron chi connectivity index (χ0n) is 20.5. The standard InChI is InChI=1S/C29H33BrN2O2S/c1-21(2)18-31-29(34)27(17-23-7-5-4-6-8-23)32(19-24-11-13-25(30)14-12-24)28(33)20-35-26-15-9-22(3)10-16-26/h4-16,21,27H,17-20H2,1-3H3,(H,31,34). The second kappa shape index (κ2) is 13.5. The maximum Gasteiger partial charge on any atom is 0.243 e. The van der Waals surface area contributed by atoms with Gasteiger partial charge in [0, 0.05) is 28.9 Å². The minimum Gasteiger partial charge on any atom is -0.354 e. The van der Waals surface area contributed by atoms with Gasteiger partial charge in [0.15, 0.2) is 0 Å². The Morgan fingerprint density at radius 2 is 1.57 bits per heavy atom. The van der Waals surface area contributed by atoms with Crippen molar-refractivity contribution in [3.8, 4) is 0 Å². The van der Waals surface area contributed by atoms with Crippen LogP contribution in [0.4, 0.5) is 0 Å². The Morgan fingerprint density at radius 3 is 2.20 bits per heavy atom. The highest BCUT2D eigenvalue weighted by Gasteiger charge is 2.30. The van der Waals surface area contributed by atoms with Crippen molar-refractivity contribution in [1.29, 1.82) is 0 Å². The number of aryl methyl sites for hydroxylation is 1. The summed E-state index contributed by atoms with van der Waals surface area (Å²) in [5, 5.41) is 3.07. The number of nitrogens with one attached hydrogen (secondary N) is 1. The van der Waals surface area contributed by atoms with Gasteiger partial charge in [0.25, 0.3) is 0 Å². The Bertz CT molecular complexity index is 1090. The third kappa shape index (κ3) is 8.86. The minimum atomic E-state index is -0.606. The van der Waals surface area contributed by atoms with E-state index in [1.165, 1.54) is 17.3 Å². The molecule has 1 unspecified atom stereocenters. The van der Waals surface area contributed by atoms with Crippen molar-refractivity contribution in [2.45, 2.75) is 44.7 Å². The van der Waals surface area contributed by atoms with E-state index in [0.717, 1.165) is 20.5 Å². The van der Waals surface area contributed by atoms with Crippen LogP contribution in [0.25, 0.3) is 0 Å². The lowest BCUT2D eigenvalue weighted by molar-refractivity contribution is -0.139. The smallest absolute Gasteiger partial charge is 0.243 e. The molecule has 0 aromatic heterocycles. The number of amides is 2. The maximum atomic E-state index is 13.6. The summed E-state index contributed by atoms with van der Waals surface area (Å²) in [7, 11) is 0. The number of benzene rings is 3. The van der Waals surface area contributed by atoms with Crippen LogP contribution in [0.1, 0.15) is 30.5 Å². The molecule has 0 spiro atoms. The predicted molar refractivity (Wildman–Crippen MR) is 148 cm³/mol. The highest BCUT2D eigenvalue weighted by molar-refractivity contribution is 9.10. The molecular weight excluding hydrogens is 520 g/mol. The van der Waals surface area contributed by atoms with E-state index in [9.17, 15) is 9.59 Å². The molecule has 3 aromatic carbocycles. The summed E-state index contributed by atoms with van der Waals surface area (Å²) in [6.07, 6.45) is 0.461. The van der Waals surface area contributed by atoms with E-state index in [0.29, 0.717) is 25.4 Å². The molecule has 1 atom stereocenters. The number of hydrogen-bond donors (Lipinski definition) is 1. The van der Waals surface area contributed by atoms with Crippen molar-refractivity contribution in [3.05, 3.63) is 100 Å². The average Bonchev–Trinajstić information content (AvgIpc) is 2.86. The van der Waals surface area contributed by atoms with Gasteiger partial charge >= 0.3 is 0 Å². The second-order valence-electron chi connectivity index (χ2n) is 9.09. The van der Waals surface area contributed by atoms with Crippen molar-refractivity contribution < 1.29 is 9.59 Å². The van der Waals surface area contributed by atoms with Gasteiger partial charge < -0.3 is 10.2 Å². The van der Waals surface area contributed by atoms with E-state index >= 15 is 0 Å². The fourth-order valence-corrected chi connectivity index (χ4v) is 4.67. The van der Waals surface area contributed by atoms with Crippen LogP contribution in [0.3, 0.4) is 0 Å². The van der Waals surface area contributed by atoms with Crippen molar-refractivity contribution in [1.82, 2.24) is 10.2 Å². The van der Waals surface area contributed by atoms with E-state index in [-0.39, 0.29) is 17.6 Å². The summed E-state index contributed by atoms with van der Waals surface area (Å²) >= 11 is 4.98. The predicted octanol–water partition coefficient (Wildman–Crippen LogP) is 6.26. The molecule has 3 aromatic rings. The molecular formula is C29H33BrN2O2S. The van der Waals surface area contributed by atoms with Crippen LogP contribution in [-0.2, 0) is 22.6 Å². The van der Waals surface area contributed by atoms with Gasteiger partial charge in [-0.25, -0.2) is 0 Å². The van der Waals surface area contributed by atoms with Crippen molar-refractivity contribution in [2.24, 2.45) is 5.92 Å². The van der Waals surface area contributed by atoms with Gasteiger partial charge in [-0.2, -0.15) is 0 Å². The number of hydrogen-bond acceptors (Lipinski definition) is 3. The molecule has 4 nitrogen and oxygen atoms in total. The molecule has 0 heterocycles. The van der Waals surface area contributed by atoms with Crippen molar-refractivity contribution in [3.63, 3.8) is 0 Å². The Labute approximate surface area is 221 Å². The number of thioether (sulfide) groups is 1. The van der Waals surface area contributed by atoms with Gasteiger partial charge in [0.05, 0.1) is 5.75 Å². The van der Waals surface area contributed by atoms with Gasteiger partial charge in [0.2, 0.25) is 11.8 Å². The molecule has 35 heavy (non-hydrogen) atoms. The minimum absolute atomic E-state index is 0.0564.